The first-order valence-electron chi connectivity index (χ1n) is 7.27. The molecular formula is C15H20FN3O3. The van der Waals surface area contributed by atoms with E-state index in [9.17, 15) is 14.0 Å². The zero-order valence-electron chi connectivity index (χ0n) is 12.4. The Balaban J connectivity index is 1.73. The number of hydrogen-bond donors (Lipinski definition) is 3. The van der Waals surface area contributed by atoms with E-state index in [2.05, 4.69) is 10.6 Å². The van der Waals surface area contributed by atoms with Crippen molar-refractivity contribution in [1.29, 1.82) is 0 Å². The van der Waals surface area contributed by atoms with Crippen molar-refractivity contribution in [3.8, 4) is 0 Å². The molecule has 7 heteroatoms. The number of nitrogens with one attached hydrogen (secondary N) is 2. The standard InChI is InChI=1S/C15H20FN3O3/c1-2-19(9-14(20)21)13-7-12(8-13)18-15(22)17-11-5-3-10(16)4-6-11/h3-6,12-13H,2,7-9H2,1H3,(H,20,21)(H2,17,18,22). The van der Waals surface area contributed by atoms with Gasteiger partial charge in [0.1, 0.15) is 5.82 Å². The molecule has 0 saturated heterocycles. The van der Waals surface area contributed by atoms with Gasteiger partial charge in [0, 0.05) is 17.8 Å². The molecule has 1 aliphatic rings. The maximum atomic E-state index is 12.8. The van der Waals surface area contributed by atoms with Crippen LogP contribution in [0.5, 0.6) is 0 Å². The first-order chi connectivity index (χ1) is 10.5. The van der Waals surface area contributed by atoms with E-state index in [0.29, 0.717) is 12.2 Å². The highest BCUT2D eigenvalue weighted by Gasteiger charge is 2.34. The molecule has 120 valence electrons. The molecule has 2 amide bonds. The largest absolute Gasteiger partial charge is 0.480 e. The number of nitrogens with zero attached hydrogens (tertiary/aromatic N) is 1. The molecule has 1 saturated carbocycles. The highest BCUT2D eigenvalue weighted by molar-refractivity contribution is 5.89. The summed E-state index contributed by atoms with van der Waals surface area (Å²) in [7, 11) is 0. The average molecular weight is 309 g/mol. The van der Waals surface area contributed by atoms with Crippen LogP contribution in [0.2, 0.25) is 0 Å². The molecule has 0 heterocycles. The number of rotatable bonds is 6. The van der Waals surface area contributed by atoms with E-state index in [-0.39, 0.29) is 30.5 Å². The van der Waals surface area contributed by atoms with Gasteiger partial charge in [-0.05, 0) is 43.7 Å². The predicted molar refractivity (Wildman–Crippen MR) is 80.2 cm³/mol. The average Bonchev–Trinajstić information content (AvgIpc) is 2.42. The van der Waals surface area contributed by atoms with Crippen LogP contribution in [0.15, 0.2) is 24.3 Å². The second-order valence-corrected chi connectivity index (χ2v) is 5.38. The fourth-order valence-corrected chi connectivity index (χ4v) is 2.56. The van der Waals surface area contributed by atoms with Crippen LogP contribution < -0.4 is 10.6 Å². The Kier molecular flexibility index (Phi) is 5.32. The van der Waals surface area contributed by atoms with Gasteiger partial charge in [-0.25, -0.2) is 9.18 Å². The summed E-state index contributed by atoms with van der Waals surface area (Å²) >= 11 is 0. The topological polar surface area (TPSA) is 81.7 Å². The number of carbonyl (C=O) groups excluding carboxylic acids is 1. The third-order valence-electron chi connectivity index (χ3n) is 3.81. The number of amides is 2. The van der Waals surface area contributed by atoms with Crippen LogP contribution in [0.1, 0.15) is 19.8 Å². The van der Waals surface area contributed by atoms with Gasteiger partial charge in [0.25, 0.3) is 0 Å². The van der Waals surface area contributed by atoms with Gasteiger partial charge in [0.05, 0.1) is 6.54 Å². The summed E-state index contributed by atoms with van der Waals surface area (Å²) in [5.41, 5.74) is 0.524. The van der Waals surface area contributed by atoms with Crippen LogP contribution in [-0.4, -0.2) is 47.2 Å². The lowest BCUT2D eigenvalue weighted by Crippen LogP contribution is -2.55. The van der Waals surface area contributed by atoms with Gasteiger partial charge in [-0.1, -0.05) is 6.92 Å². The first-order valence-corrected chi connectivity index (χ1v) is 7.27. The van der Waals surface area contributed by atoms with Gasteiger partial charge in [-0.15, -0.1) is 0 Å². The number of halogens is 1. The maximum Gasteiger partial charge on any atom is 0.319 e. The van der Waals surface area contributed by atoms with Crippen molar-refractivity contribution in [3.63, 3.8) is 0 Å². The lowest BCUT2D eigenvalue weighted by atomic mass is 9.85. The highest BCUT2D eigenvalue weighted by atomic mass is 19.1. The van der Waals surface area contributed by atoms with E-state index in [4.69, 9.17) is 5.11 Å². The second kappa shape index (κ2) is 7.22. The van der Waals surface area contributed by atoms with Crippen molar-refractivity contribution in [3.05, 3.63) is 30.1 Å². The summed E-state index contributed by atoms with van der Waals surface area (Å²) in [5.74, 6) is -1.20. The summed E-state index contributed by atoms with van der Waals surface area (Å²) < 4.78 is 12.8. The Hall–Kier alpha value is -2.15. The Morgan fingerprint density at radius 1 is 1.32 bits per heavy atom. The molecule has 1 fully saturated rings. The minimum absolute atomic E-state index is 0.0235. The molecule has 0 aliphatic heterocycles. The third-order valence-corrected chi connectivity index (χ3v) is 3.81. The number of urea groups is 1. The van der Waals surface area contributed by atoms with Gasteiger partial charge in [-0.3, -0.25) is 9.69 Å². The molecule has 1 aromatic rings. The monoisotopic (exact) mass is 309 g/mol. The van der Waals surface area contributed by atoms with E-state index in [0.717, 1.165) is 12.8 Å². The molecule has 0 unspecified atom stereocenters. The lowest BCUT2D eigenvalue weighted by molar-refractivity contribution is -0.139. The normalized spacial score (nSPS) is 20.3. The van der Waals surface area contributed by atoms with E-state index in [1.807, 2.05) is 11.8 Å². The SMILES string of the molecule is CCN(CC(=O)O)C1CC(NC(=O)Nc2ccc(F)cc2)C1. The van der Waals surface area contributed by atoms with E-state index >= 15 is 0 Å². The van der Waals surface area contributed by atoms with Crippen LogP contribution in [0.25, 0.3) is 0 Å². The zero-order valence-corrected chi connectivity index (χ0v) is 12.4. The minimum Gasteiger partial charge on any atom is -0.480 e. The van der Waals surface area contributed by atoms with Crippen molar-refractivity contribution < 1.29 is 19.1 Å². The van der Waals surface area contributed by atoms with Crippen LogP contribution in [0, 0.1) is 5.82 Å². The Morgan fingerprint density at radius 2 is 1.95 bits per heavy atom. The van der Waals surface area contributed by atoms with Crippen molar-refractivity contribution in [2.24, 2.45) is 0 Å². The van der Waals surface area contributed by atoms with Crippen molar-refractivity contribution >= 4 is 17.7 Å². The van der Waals surface area contributed by atoms with E-state index in [1.165, 1.54) is 24.3 Å². The number of carboxylic acid groups (broad SMARTS) is 1. The lowest BCUT2D eigenvalue weighted by Gasteiger charge is -2.42. The number of likely N-dealkylation sites (N-methyl/N-ethyl adjacent to an activating group) is 1. The van der Waals surface area contributed by atoms with Crippen molar-refractivity contribution in [2.45, 2.75) is 31.8 Å². The highest BCUT2D eigenvalue weighted by Crippen LogP contribution is 2.25. The molecule has 0 aromatic heterocycles. The van der Waals surface area contributed by atoms with E-state index < -0.39 is 5.97 Å². The molecule has 2 rings (SSSR count). The minimum atomic E-state index is -0.840. The molecule has 6 nitrogen and oxygen atoms in total. The van der Waals surface area contributed by atoms with Crippen LogP contribution in [0.3, 0.4) is 0 Å². The molecule has 22 heavy (non-hydrogen) atoms. The van der Waals surface area contributed by atoms with Gasteiger partial charge in [-0.2, -0.15) is 0 Å². The number of aliphatic carboxylic acids is 1. The van der Waals surface area contributed by atoms with Crippen LogP contribution >= 0.6 is 0 Å². The fraction of sp³-hybridized carbons (Fsp3) is 0.467. The first kappa shape index (κ1) is 16.2. The maximum absolute atomic E-state index is 12.8. The van der Waals surface area contributed by atoms with E-state index in [1.54, 1.807) is 0 Å². The summed E-state index contributed by atoms with van der Waals surface area (Å²) in [6.07, 6.45) is 1.47. The molecule has 3 N–H and O–H groups in total. The van der Waals surface area contributed by atoms with Crippen molar-refractivity contribution in [2.75, 3.05) is 18.4 Å². The van der Waals surface area contributed by atoms with Gasteiger partial charge >= 0.3 is 12.0 Å². The van der Waals surface area contributed by atoms with Gasteiger partial charge in [0.15, 0.2) is 0 Å². The number of hydrogen-bond acceptors (Lipinski definition) is 3. The molecule has 1 aromatic carbocycles. The fourth-order valence-electron chi connectivity index (χ4n) is 2.56. The summed E-state index contributed by atoms with van der Waals surface area (Å²) in [6, 6.07) is 5.43. The number of carboxylic acids is 1. The van der Waals surface area contributed by atoms with Crippen molar-refractivity contribution in [1.82, 2.24) is 10.2 Å². The smallest absolute Gasteiger partial charge is 0.319 e. The molecule has 0 spiro atoms. The molecular weight excluding hydrogens is 289 g/mol. The number of benzene rings is 1. The quantitative estimate of drug-likeness (QED) is 0.749. The van der Waals surface area contributed by atoms with Crippen LogP contribution in [0.4, 0.5) is 14.9 Å². The summed E-state index contributed by atoms with van der Waals surface area (Å²) in [6.45, 7) is 2.62. The van der Waals surface area contributed by atoms with Gasteiger partial charge < -0.3 is 15.7 Å². The Morgan fingerprint density at radius 3 is 2.50 bits per heavy atom. The molecule has 0 radical (unpaired) electrons. The zero-order chi connectivity index (χ0) is 16.1. The Labute approximate surface area is 128 Å². The number of carbonyl (C=O) groups is 2. The summed E-state index contributed by atoms with van der Waals surface area (Å²) in [4.78, 5) is 24.4. The summed E-state index contributed by atoms with van der Waals surface area (Å²) in [5, 5.41) is 14.3. The number of anilines is 1. The van der Waals surface area contributed by atoms with Gasteiger partial charge in [0.2, 0.25) is 0 Å². The molecule has 1 aliphatic carbocycles. The molecule has 0 bridgehead atoms. The Bertz CT molecular complexity index is 529. The van der Waals surface area contributed by atoms with Crippen LogP contribution in [-0.2, 0) is 4.79 Å². The second-order valence-electron chi connectivity index (χ2n) is 5.38. The third kappa shape index (κ3) is 4.42. The predicted octanol–water partition coefficient (Wildman–Crippen LogP) is 1.88. The molecule has 0 atom stereocenters.